The van der Waals surface area contributed by atoms with Crippen LogP contribution in [0.5, 0.6) is 0 Å². The van der Waals surface area contributed by atoms with Crippen molar-refractivity contribution in [2.24, 2.45) is 0 Å². The Morgan fingerprint density at radius 2 is 2.06 bits per heavy atom. The Kier molecular flexibility index (Phi) is 2.41. The van der Waals surface area contributed by atoms with Crippen LogP contribution in [0, 0.1) is 6.92 Å². The van der Waals surface area contributed by atoms with Crippen LogP contribution in [0.15, 0.2) is 12.4 Å². The Hall–Kier alpha value is -2.26. The molecule has 90 valence electrons. The first kappa shape index (κ1) is 11.2. The van der Waals surface area contributed by atoms with Gasteiger partial charge in [0.1, 0.15) is 0 Å². The van der Waals surface area contributed by atoms with E-state index < -0.39 is 17.9 Å². The van der Waals surface area contributed by atoms with E-state index in [0.29, 0.717) is 4.68 Å². The average molecular weight is 246 g/mol. The lowest BCUT2D eigenvalue weighted by Crippen LogP contribution is -2.27. The smallest absolute Gasteiger partial charge is 0.243 e. The molecule has 7 nitrogen and oxygen atoms in total. The monoisotopic (exact) mass is 246 g/mol. The lowest BCUT2D eigenvalue weighted by Gasteiger charge is -2.08. The molecule has 0 unspecified atom stereocenters. The number of carbonyl (C=O) groups is 1. The molecule has 0 amide bonds. The fourth-order valence-corrected chi connectivity index (χ4v) is 1.22. The minimum Gasteiger partial charge on any atom is -0.243 e. The summed E-state index contributed by atoms with van der Waals surface area (Å²) in [5.74, 6) is 0. The lowest BCUT2D eigenvalue weighted by molar-refractivity contribution is -0.143. The van der Waals surface area contributed by atoms with Crippen LogP contribution < -0.4 is 0 Å². The lowest BCUT2D eigenvalue weighted by atomic mass is 10.3. The maximum Gasteiger partial charge on any atom is 0.435 e. The van der Waals surface area contributed by atoms with Crippen LogP contribution in [-0.4, -0.2) is 36.0 Å². The van der Waals surface area contributed by atoms with E-state index in [4.69, 9.17) is 0 Å². The summed E-state index contributed by atoms with van der Waals surface area (Å²) in [7, 11) is 0. The van der Waals surface area contributed by atoms with Crippen molar-refractivity contribution in [1.82, 2.24) is 30.0 Å². The molecule has 0 aromatic carbocycles. The summed E-state index contributed by atoms with van der Waals surface area (Å²) >= 11 is 0. The molecule has 2 heterocycles. The van der Waals surface area contributed by atoms with Crippen molar-refractivity contribution in [3.05, 3.63) is 23.8 Å². The molecule has 0 saturated carbocycles. The summed E-state index contributed by atoms with van der Waals surface area (Å²) in [4.78, 5) is 11.6. The molecule has 0 aliphatic rings. The van der Waals surface area contributed by atoms with Gasteiger partial charge in [0, 0.05) is 0 Å². The molecule has 2 aromatic heterocycles. The second-order valence-corrected chi connectivity index (χ2v) is 3.06. The number of aryl methyl sites for hydroxylation is 1. The summed E-state index contributed by atoms with van der Waals surface area (Å²) in [5, 5.41) is 13.0. The van der Waals surface area contributed by atoms with Gasteiger partial charge >= 0.3 is 12.2 Å². The van der Waals surface area contributed by atoms with Crippen LogP contribution in [0.25, 0.3) is 0 Å². The maximum absolute atomic E-state index is 12.6. The van der Waals surface area contributed by atoms with Gasteiger partial charge in [0.05, 0.1) is 18.1 Å². The number of hydrogen-bond donors (Lipinski definition) is 0. The molecule has 0 atom stereocenters. The summed E-state index contributed by atoms with van der Waals surface area (Å²) in [5.41, 5.74) is -1.61. The summed E-state index contributed by atoms with van der Waals surface area (Å²) < 4.78 is 38.7. The number of rotatable bonds is 0. The van der Waals surface area contributed by atoms with Crippen molar-refractivity contribution >= 4 is 6.03 Å². The Morgan fingerprint density at radius 3 is 2.59 bits per heavy atom. The second kappa shape index (κ2) is 3.64. The molecule has 0 radical (unpaired) electrons. The highest BCUT2D eigenvalue weighted by atomic mass is 19.4. The molecule has 17 heavy (non-hydrogen) atoms. The van der Waals surface area contributed by atoms with Crippen molar-refractivity contribution in [3.63, 3.8) is 0 Å². The van der Waals surface area contributed by atoms with E-state index in [1.807, 2.05) is 0 Å². The minimum absolute atomic E-state index is 0.143. The normalized spacial score (nSPS) is 11.8. The fraction of sp³-hybridized carbons (Fsp3) is 0.286. The number of carbonyl (C=O) groups excluding carboxylic acids is 1. The van der Waals surface area contributed by atoms with Crippen molar-refractivity contribution in [2.45, 2.75) is 13.1 Å². The molecule has 0 spiro atoms. The van der Waals surface area contributed by atoms with Crippen LogP contribution >= 0.6 is 0 Å². The van der Waals surface area contributed by atoms with Crippen LogP contribution in [0.2, 0.25) is 0 Å². The number of nitrogens with zero attached hydrogens (tertiary/aromatic N) is 6. The van der Waals surface area contributed by atoms with Crippen molar-refractivity contribution in [3.8, 4) is 0 Å². The molecular formula is C7H5F3N6O. The SMILES string of the molecule is Cc1nnn(C(=O)n2ccnn2)c1C(F)(F)F. The second-order valence-electron chi connectivity index (χ2n) is 3.06. The fourth-order valence-electron chi connectivity index (χ4n) is 1.22. The maximum atomic E-state index is 12.6. The van der Waals surface area contributed by atoms with Gasteiger partial charge in [0.25, 0.3) is 0 Å². The Bertz CT molecular complexity index is 542. The first-order valence-corrected chi connectivity index (χ1v) is 4.32. The van der Waals surface area contributed by atoms with Crippen LogP contribution in [0.3, 0.4) is 0 Å². The predicted molar refractivity (Wildman–Crippen MR) is 46.0 cm³/mol. The Balaban J connectivity index is 2.51. The van der Waals surface area contributed by atoms with E-state index in [1.54, 1.807) is 0 Å². The van der Waals surface area contributed by atoms with E-state index in [2.05, 4.69) is 20.6 Å². The van der Waals surface area contributed by atoms with E-state index in [0.717, 1.165) is 19.3 Å². The molecule has 0 aliphatic heterocycles. The number of alkyl halides is 3. The predicted octanol–water partition coefficient (Wildman–Crippen LogP) is 0.713. The molecule has 0 bridgehead atoms. The van der Waals surface area contributed by atoms with E-state index in [1.165, 1.54) is 0 Å². The standard InChI is InChI=1S/C7H5F3N6O/c1-4-5(7(8,9)10)16(14-12-4)6(17)15-3-2-11-13-15/h2-3H,1H3. The minimum atomic E-state index is -4.72. The zero-order valence-electron chi connectivity index (χ0n) is 8.38. The van der Waals surface area contributed by atoms with Gasteiger partial charge in [-0.2, -0.15) is 22.5 Å². The first-order valence-electron chi connectivity index (χ1n) is 4.32. The number of aromatic nitrogens is 6. The number of hydrogen-bond acceptors (Lipinski definition) is 5. The third-order valence-electron chi connectivity index (χ3n) is 1.91. The quantitative estimate of drug-likeness (QED) is 0.684. The zero-order chi connectivity index (χ0) is 12.6. The summed E-state index contributed by atoms with van der Waals surface area (Å²) in [6, 6.07) is -1.10. The third-order valence-corrected chi connectivity index (χ3v) is 1.91. The van der Waals surface area contributed by atoms with Gasteiger partial charge in [0.2, 0.25) is 0 Å². The van der Waals surface area contributed by atoms with Gasteiger partial charge in [-0.15, -0.1) is 10.2 Å². The van der Waals surface area contributed by atoms with Gasteiger partial charge in [-0.1, -0.05) is 10.4 Å². The van der Waals surface area contributed by atoms with Gasteiger partial charge in [-0.05, 0) is 6.92 Å². The highest BCUT2D eigenvalue weighted by Gasteiger charge is 2.40. The Morgan fingerprint density at radius 1 is 1.35 bits per heavy atom. The molecule has 0 N–H and O–H groups in total. The van der Waals surface area contributed by atoms with Crippen LogP contribution in [0.1, 0.15) is 11.4 Å². The zero-order valence-corrected chi connectivity index (χ0v) is 8.38. The summed E-state index contributed by atoms with van der Waals surface area (Å²) in [6.07, 6.45) is -2.45. The third kappa shape index (κ3) is 1.88. The van der Waals surface area contributed by atoms with Gasteiger partial charge in [0.15, 0.2) is 5.69 Å². The van der Waals surface area contributed by atoms with Gasteiger partial charge in [-0.3, -0.25) is 0 Å². The molecule has 2 rings (SSSR count). The van der Waals surface area contributed by atoms with E-state index >= 15 is 0 Å². The average Bonchev–Trinajstić information content (AvgIpc) is 2.83. The molecule has 2 aromatic rings. The van der Waals surface area contributed by atoms with Crippen LogP contribution in [0.4, 0.5) is 18.0 Å². The topological polar surface area (TPSA) is 78.5 Å². The van der Waals surface area contributed by atoms with Crippen LogP contribution in [-0.2, 0) is 6.18 Å². The molecular weight excluding hydrogens is 241 g/mol. The molecule has 10 heteroatoms. The first-order chi connectivity index (χ1) is 7.91. The molecule has 0 fully saturated rings. The van der Waals surface area contributed by atoms with Gasteiger partial charge in [-0.25, -0.2) is 4.79 Å². The van der Waals surface area contributed by atoms with Gasteiger partial charge < -0.3 is 0 Å². The molecule has 0 aliphatic carbocycles. The van der Waals surface area contributed by atoms with Crippen molar-refractivity contribution in [1.29, 1.82) is 0 Å². The summed E-state index contributed by atoms with van der Waals surface area (Å²) in [6.45, 7) is 1.11. The van der Waals surface area contributed by atoms with E-state index in [-0.39, 0.29) is 10.4 Å². The van der Waals surface area contributed by atoms with Crippen molar-refractivity contribution < 1.29 is 18.0 Å². The van der Waals surface area contributed by atoms with Crippen molar-refractivity contribution in [2.75, 3.05) is 0 Å². The highest BCUT2D eigenvalue weighted by molar-refractivity contribution is 5.78. The molecule has 0 saturated heterocycles. The largest absolute Gasteiger partial charge is 0.435 e. The number of halogens is 3. The Labute approximate surface area is 91.8 Å². The highest BCUT2D eigenvalue weighted by Crippen LogP contribution is 2.30. The van der Waals surface area contributed by atoms with E-state index in [9.17, 15) is 18.0 Å².